The third kappa shape index (κ3) is 2.48. The van der Waals surface area contributed by atoms with Crippen LogP contribution in [-0.4, -0.2) is 0 Å². The fourth-order valence-electron chi connectivity index (χ4n) is 2.77. The van der Waals surface area contributed by atoms with Gasteiger partial charge in [-0.15, -0.1) is 0 Å². The summed E-state index contributed by atoms with van der Waals surface area (Å²) >= 11 is 0. The third-order valence-electron chi connectivity index (χ3n) is 3.99. The quantitative estimate of drug-likeness (QED) is 0.716. The van der Waals surface area contributed by atoms with Gasteiger partial charge in [-0.3, -0.25) is 0 Å². The largest absolute Gasteiger partial charge is 0.206 e. The van der Waals surface area contributed by atoms with Crippen molar-refractivity contribution >= 4 is 11.6 Å². The molecule has 0 nitrogen and oxygen atoms in total. The van der Waals surface area contributed by atoms with Crippen LogP contribution in [0.5, 0.6) is 0 Å². The van der Waals surface area contributed by atoms with Crippen LogP contribution in [0, 0.1) is 17.5 Å². The van der Waals surface area contributed by atoms with Gasteiger partial charge in [-0.2, -0.15) is 0 Å². The van der Waals surface area contributed by atoms with Crippen molar-refractivity contribution < 1.29 is 13.2 Å². The molecule has 0 fully saturated rings. The molecule has 0 heterocycles. The van der Waals surface area contributed by atoms with Crippen molar-refractivity contribution in [3.05, 3.63) is 70.0 Å². The highest BCUT2D eigenvalue weighted by atomic mass is 19.2. The SMILES string of the molecule is CCc1ccc(C2=Cc3ccc(F)c(F)c3CC2)c(F)c1. The fourth-order valence-corrected chi connectivity index (χ4v) is 2.77. The van der Waals surface area contributed by atoms with E-state index in [2.05, 4.69) is 0 Å². The molecule has 0 bridgehead atoms. The van der Waals surface area contributed by atoms with Crippen LogP contribution in [0.1, 0.15) is 35.6 Å². The van der Waals surface area contributed by atoms with Gasteiger partial charge in [-0.05, 0) is 53.7 Å². The predicted molar refractivity (Wildman–Crippen MR) is 78.3 cm³/mol. The highest BCUT2D eigenvalue weighted by Crippen LogP contribution is 2.33. The first-order valence-corrected chi connectivity index (χ1v) is 7.06. The van der Waals surface area contributed by atoms with Gasteiger partial charge in [0.15, 0.2) is 11.6 Å². The van der Waals surface area contributed by atoms with Crippen molar-refractivity contribution in [1.82, 2.24) is 0 Å². The van der Waals surface area contributed by atoms with Crippen molar-refractivity contribution in [2.75, 3.05) is 0 Å². The minimum Gasteiger partial charge on any atom is -0.206 e. The van der Waals surface area contributed by atoms with E-state index in [4.69, 9.17) is 0 Å². The molecule has 0 N–H and O–H groups in total. The van der Waals surface area contributed by atoms with E-state index in [9.17, 15) is 13.2 Å². The summed E-state index contributed by atoms with van der Waals surface area (Å²) in [5.41, 5.74) is 3.33. The first kappa shape index (κ1) is 13.9. The maximum atomic E-state index is 14.2. The Hall–Kier alpha value is -2.03. The summed E-state index contributed by atoms with van der Waals surface area (Å²) in [5.74, 6) is -1.87. The number of rotatable bonds is 2. The van der Waals surface area contributed by atoms with Crippen LogP contribution < -0.4 is 0 Å². The Bertz CT molecular complexity index is 729. The molecule has 0 saturated heterocycles. The Morgan fingerprint density at radius 2 is 1.76 bits per heavy atom. The summed E-state index contributed by atoms with van der Waals surface area (Å²) < 4.78 is 41.1. The van der Waals surface area contributed by atoms with Crippen molar-refractivity contribution in [2.45, 2.75) is 26.2 Å². The lowest BCUT2D eigenvalue weighted by Crippen LogP contribution is -2.05. The molecule has 0 aliphatic heterocycles. The smallest absolute Gasteiger partial charge is 0.162 e. The molecule has 1 aliphatic carbocycles. The molecule has 1 aliphatic rings. The first-order valence-electron chi connectivity index (χ1n) is 7.06. The van der Waals surface area contributed by atoms with Crippen molar-refractivity contribution in [2.24, 2.45) is 0 Å². The van der Waals surface area contributed by atoms with Crippen LogP contribution in [0.4, 0.5) is 13.2 Å². The molecule has 2 aromatic rings. The normalized spacial score (nSPS) is 13.8. The van der Waals surface area contributed by atoms with Gasteiger partial charge in [0.1, 0.15) is 5.82 Å². The minimum atomic E-state index is -0.830. The van der Waals surface area contributed by atoms with Gasteiger partial charge in [0.05, 0.1) is 0 Å². The number of benzene rings is 2. The van der Waals surface area contributed by atoms with Crippen LogP contribution >= 0.6 is 0 Å². The zero-order valence-corrected chi connectivity index (χ0v) is 11.7. The van der Waals surface area contributed by atoms with Crippen molar-refractivity contribution in [3.63, 3.8) is 0 Å². The van der Waals surface area contributed by atoms with Gasteiger partial charge in [-0.1, -0.05) is 31.2 Å². The molecule has 0 amide bonds. The molecule has 0 saturated carbocycles. The average Bonchev–Trinajstić information content (AvgIpc) is 2.50. The molecule has 0 radical (unpaired) electrons. The zero-order chi connectivity index (χ0) is 15.0. The monoisotopic (exact) mass is 288 g/mol. The van der Waals surface area contributed by atoms with Gasteiger partial charge in [0.2, 0.25) is 0 Å². The number of allylic oxidation sites excluding steroid dienone is 1. The van der Waals surface area contributed by atoms with E-state index in [0.29, 0.717) is 29.5 Å². The molecular formula is C18H15F3. The number of halogens is 3. The molecule has 0 aromatic heterocycles. The van der Waals surface area contributed by atoms with Crippen LogP contribution in [0.25, 0.3) is 11.6 Å². The molecule has 0 spiro atoms. The molecular weight excluding hydrogens is 273 g/mol. The van der Waals surface area contributed by atoms with E-state index in [1.165, 1.54) is 6.07 Å². The average molecular weight is 288 g/mol. The second-order valence-electron chi connectivity index (χ2n) is 5.27. The van der Waals surface area contributed by atoms with Crippen LogP contribution in [0.15, 0.2) is 30.3 Å². The molecule has 3 rings (SSSR count). The van der Waals surface area contributed by atoms with Crippen LogP contribution in [0.2, 0.25) is 0 Å². The van der Waals surface area contributed by atoms with Crippen LogP contribution in [-0.2, 0) is 12.8 Å². The maximum Gasteiger partial charge on any atom is 0.162 e. The summed E-state index contributed by atoms with van der Waals surface area (Å²) in [6, 6.07) is 7.87. The second kappa shape index (κ2) is 5.40. The zero-order valence-electron chi connectivity index (χ0n) is 11.7. The Morgan fingerprint density at radius 3 is 2.48 bits per heavy atom. The lowest BCUT2D eigenvalue weighted by molar-refractivity contribution is 0.498. The molecule has 2 aromatic carbocycles. The van der Waals surface area contributed by atoms with E-state index < -0.39 is 11.6 Å². The predicted octanol–water partition coefficient (Wildman–Crippen LogP) is 5.15. The van der Waals surface area contributed by atoms with Gasteiger partial charge in [0, 0.05) is 5.56 Å². The number of hydrogen-bond acceptors (Lipinski definition) is 0. The van der Waals surface area contributed by atoms with Gasteiger partial charge >= 0.3 is 0 Å². The Kier molecular flexibility index (Phi) is 3.58. The minimum absolute atomic E-state index is 0.258. The van der Waals surface area contributed by atoms with Gasteiger partial charge < -0.3 is 0 Å². The van der Waals surface area contributed by atoms with E-state index in [1.807, 2.05) is 13.0 Å². The van der Waals surface area contributed by atoms with Crippen molar-refractivity contribution in [1.29, 1.82) is 0 Å². The van der Waals surface area contributed by atoms with Gasteiger partial charge in [0.25, 0.3) is 0 Å². The molecule has 108 valence electrons. The molecule has 3 heteroatoms. The topological polar surface area (TPSA) is 0 Å². The summed E-state index contributed by atoms with van der Waals surface area (Å²) in [6.07, 6.45) is 3.43. The Balaban J connectivity index is 2.05. The Labute approximate surface area is 121 Å². The number of fused-ring (bicyclic) bond motifs is 1. The highest BCUT2D eigenvalue weighted by molar-refractivity contribution is 5.84. The second-order valence-corrected chi connectivity index (χ2v) is 5.27. The summed E-state index contributed by atoms with van der Waals surface area (Å²) in [6.45, 7) is 1.97. The van der Waals surface area contributed by atoms with Crippen molar-refractivity contribution in [3.8, 4) is 0 Å². The van der Waals surface area contributed by atoms with Gasteiger partial charge in [-0.25, -0.2) is 13.2 Å². The van der Waals surface area contributed by atoms with E-state index >= 15 is 0 Å². The number of hydrogen-bond donors (Lipinski definition) is 0. The number of aryl methyl sites for hydroxylation is 1. The lowest BCUT2D eigenvalue weighted by Gasteiger charge is -2.18. The highest BCUT2D eigenvalue weighted by Gasteiger charge is 2.19. The summed E-state index contributed by atoms with van der Waals surface area (Å²) in [4.78, 5) is 0. The van der Waals surface area contributed by atoms with Crippen LogP contribution in [0.3, 0.4) is 0 Å². The third-order valence-corrected chi connectivity index (χ3v) is 3.99. The van der Waals surface area contributed by atoms with E-state index in [1.54, 1.807) is 18.2 Å². The Morgan fingerprint density at radius 1 is 0.952 bits per heavy atom. The first-order chi connectivity index (χ1) is 10.1. The van der Waals surface area contributed by atoms with E-state index in [-0.39, 0.29) is 5.82 Å². The molecule has 0 atom stereocenters. The standard InChI is InChI=1S/C18H15F3/c1-2-11-3-6-14(17(20)9-11)12-4-7-15-13(10-12)5-8-16(19)18(15)21/h3,5-6,8-10H,2,4,7H2,1H3. The fraction of sp³-hybridized carbons (Fsp3) is 0.222. The lowest BCUT2D eigenvalue weighted by atomic mass is 9.88. The summed E-state index contributed by atoms with van der Waals surface area (Å²) in [7, 11) is 0. The maximum absolute atomic E-state index is 14.2. The molecule has 0 unspecified atom stereocenters. The van der Waals surface area contributed by atoms with E-state index in [0.717, 1.165) is 23.6 Å². The summed E-state index contributed by atoms with van der Waals surface area (Å²) in [5, 5.41) is 0. The molecule has 21 heavy (non-hydrogen) atoms.